The highest BCUT2D eigenvalue weighted by Crippen LogP contribution is 2.07. The zero-order valence-electron chi connectivity index (χ0n) is 9.42. The van der Waals surface area contributed by atoms with E-state index in [1.54, 1.807) is 7.05 Å². The molecule has 0 fully saturated rings. The van der Waals surface area contributed by atoms with Crippen molar-refractivity contribution in [1.82, 2.24) is 10.6 Å². The van der Waals surface area contributed by atoms with Gasteiger partial charge in [0.25, 0.3) is 0 Å². The Hall–Kier alpha value is -1.95. The summed E-state index contributed by atoms with van der Waals surface area (Å²) in [6, 6.07) is 5.38. The van der Waals surface area contributed by atoms with Gasteiger partial charge in [-0.3, -0.25) is 9.59 Å². The second-order valence-electron chi connectivity index (χ2n) is 3.36. The summed E-state index contributed by atoms with van der Waals surface area (Å²) in [7, 11) is 1.64. The van der Waals surface area contributed by atoms with Gasteiger partial charge in [-0.2, -0.15) is 0 Å². The van der Waals surface area contributed by atoms with Gasteiger partial charge in [0.05, 0.1) is 13.1 Å². The number of benzene rings is 1. The van der Waals surface area contributed by atoms with Crippen LogP contribution in [-0.4, -0.2) is 32.0 Å². The highest BCUT2D eigenvalue weighted by molar-refractivity contribution is 5.94. The van der Waals surface area contributed by atoms with E-state index in [0.29, 0.717) is 5.69 Å². The van der Waals surface area contributed by atoms with Crippen LogP contribution in [0, 0.1) is 5.82 Å². The topological polar surface area (TPSA) is 70.2 Å². The Morgan fingerprint density at radius 2 is 1.76 bits per heavy atom. The second-order valence-corrected chi connectivity index (χ2v) is 3.36. The predicted molar refractivity (Wildman–Crippen MR) is 62.0 cm³/mol. The molecule has 0 aliphatic rings. The first-order valence-electron chi connectivity index (χ1n) is 5.08. The monoisotopic (exact) mass is 239 g/mol. The molecule has 0 radical (unpaired) electrons. The number of carbonyl (C=O) groups is 2. The fourth-order valence-electron chi connectivity index (χ4n) is 1.14. The molecule has 1 aromatic rings. The Morgan fingerprint density at radius 1 is 1.12 bits per heavy atom. The lowest BCUT2D eigenvalue weighted by Gasteiger charge is -2.06. The van der Waals surface area contributed by atoms with Crippen molar-refractivity contribution >= 4 is 17.5 Å². The molecule has 0 atom stereocenters. The normalized spacial score (nSPS) is 9.76. The number of anilines is 1. The van der Waals surface area contributed by atoms with Crippen molar-refractivity contribution in [2.75, 3.05) is 25.5 Å². The van der Waals surface area contributed by atoms with Gasteiger partial charge in [0.15, 0.2) is 0 Å². The number of hydrogen-bond donors (Lipinski definition) is 3. The third kappa shape index (κ3) is 5.07. The molecule has 0 saturated carbocycles. The highest BCUT2D eigenvalue weighted by Gasteiger charge is 2.04. The Labute approximate surface area is 98.4 Å². The van der Waals surface area contributed by atoms with Crippen molar-refractivity contribution in [1.29, 1.82) is 0 Å². The second kappa shape index (κ2) is 6.59. The summed E-state index contributed by atoms with van der Waals surface area (Å²) in [5, 5.41) is 7.62. The van der Waals surface area contributed by atoms with Crippen LogP contribution in [0.1, 0.15) is 0 Å². The molecule has 0 heterocycles. The maximum atomic E-state index is 12.6. The van der Waals surface area contributed by atoms with E-state index in [9.17, 15) is 14.0 Å². The van der Waals surface area contributed by atoms with Crippen LogP contribution in [-0.2, 0) is 9.59 Å². The standard InChI is InChI=1S/C11H14FN3O2/c1-13-6-10(16)14-7-11(17)15-9-4-2-8(12)3-5-9/h2-5,13H,6-7H2,1H3,(H,14,16)(H,15,17). The summed E-state index contributed by atoms with van der Waals surface area (Å²) in [6.07, 6.45) is 0. The molecule has 6 heteroatoms. The molecule has 0 aliphatic heterocycles. The Bertz CT molecular complexity index is 392. The number of carbonyl (C=O) groups excluding carboxylic acids is 2. The quantitative estimate of drug-likeness (QED) is 0.682. The van der Waals surface area contributed by atoms with E-state index in [4.69, 9.17) is 0 Å². The van der Waals surface area contributed by atoms with E-state index in [1.807, 2.05) is 0 Å². The Kier molecular flexibility index (Phi) is 5.09. The minimum absolute atomic E-state index is 0.113. The number of hydrogen-bond acceptors (Lipinski definition) is 3. The zero-order valence-corrected chi connectivity index (χ0v) is 9.42. The molecular formula is C11H14FN3O2. The van der Waals surface area contributed by atoms with Gasteiger partial charge in [-0.25, -0.2) is 4.39 Å². The minimum Gasteiger partial charge on any atom is -0.346 e. The molecule has 92 valence electrons. The smallest absolute Gasteiger partial charge is 0.243 e. The fourth-order valence-corrected chi connectivity index (χ4v) is 1.14. The fraction of sp³-hybridized carbons (Fsp3) is 0.273. The molecule has 1 aromatic carbocycles. The average Bonchev–Trinajstić information content (AvgIpc) is 2.30. The van der Waals surface area contributed by atoms with E-state index < -0.39 is 0 Å². The molecular weight excluding hydrogens is 225 g/mol. The maximum absolute atomic E-state index is 12.6. The van der Waals surface area contributed by atoms with Gasteiger partial charge in [-0.05, 0) is 31.3 Å². The van der Waals surface area contributed by atoms with Crippen molar-refractivity contribution in [2.45, 2.75) is 0 Å². The minimum atomic E-state index is -0.370. The lowest BCUT2D eigenvalue weighted by Crippen LogP contribution is -2.37. The van der Waals surface area contributed by atoms with Crippen LogP contribution in [0.2, 0.25) is 0 Å². The summed E-state index contributed by atoms with van der Waals surface area (Å²) in [4.78, 5) is 22.4. The van der Waals surface area contributed by atoms with E-state index in [1.165, 1.54) is 24.3 Å². The van der Waals surface area contributed by atoms with E-state index in [-0.39, 0.29) is 30.7 Å². The molecule has 0 aromatic heterocycles. The molecule has 17 heavy (non-hydrogen) atoms. The number of likely N-dealkylation sites (N-methyl/N-ethyl adjacent to an activating group) is 1. The number of halogens is 1. The van der Waals surface area contributed by atoms with Gasteiger partial charge in [-0.1, -0.05) is 0 Å². The van der Waals surface area contributed by atoms with Gasteiger partial charge in [0, 0.05) is 5.69 Å². The SMILES string of the molecule is CNCC(=O)NCC(=O)Nc1ccc(F)cc1. The van der Waals surface area contributed by atoms with Crippen LogP contribution in [0.5, 0.6) is 0 Å². The third-order valence-electron chi connectivity index (χ3n) is 1.91. The first-order chi connectivity index (χ1) is 8.11. The third-order valence-corrected chi connectivity index (χ3v) is 1.91. The van der Waals surface area contributed by atoms with Crippen LogP contribution < -0.4 is 16.0 Å². The predicted octanol–water partition coefficient (Wildman–Crippen LogP) is 0.0998. The summed E-state index contributed by atoms with van der Waals surface area (Å²) in [6.45, 7) is 0.0434. The van der Waals surface area contributed by atoms with Crippen molar-refractivity contribution in [3.63, 3.8) is 0 Å². The van der Waals surface area contributed by atoms with Gasteiger partial charge in [-0.15, -0.1) is 0 Å². The lowest BCUT2D eigenvalue weighted by atomic mass is 10.3. The molecule has 0 bridgehead atoms. The van der Waals surface area contributed by atoms with Crippen LogP contribution in [0.3, 0.4) is 0 Å². The molecule has 0 spiro atoms. The highest BCUT2D eigenvalue weighted by atomic mass is 19.1. The van der Waals surface area contributed by atoms with Crippen molar-refractivity contribution in [3.05, 3.63) is 30.1 Å². The molecule has 0 unspecified atom stereocenters. The maximum Gasteiger partial charge on any atom is 0.243 e. The van der Waals surface area contributed by atoms with Gasteiger partial charge in [0.2, 0.25) is 11.8 Å². The number of rotatable bonds is 5. The first kappa shape index (κ1) is 13.1. The van der Waals surface area contributed by atoms with Crippen molar-refractivity contribution in [2.24, 2.45) is 0 Å². The van der Waals surface area contributed by atoms with E-state index >= 15 is 0 Å². The van der Waals surface area contributed by atoms with Gasteiger partial charge < -0.3 is 16.0 Å². The number of amides is 2. The summed E-state index contributed by atoms with van der Waals surface area (Å²) >= 11 is 0. The van der Waals surface area contributed by atoms with Gasteiger partial charge in [0.1, 0.15) is 5.82 Å². The summed E-state index contributed by atoms with van der Waals surface area (Å²) in [5.74, 6) is -0.992. The van der Waals surface area contributed by atoms with Crippen LogP contribution in [0.25, 0.3) is 0 Å². The lowest BCUT2D eigenvalue weighted by molar-refractivity contribution is -0.123. The summed E-state index contributed by atoms with van der Waals surface area (Å²) < 4.78 is 12.6. The average molecular weight is 239 g/mol. The van der Waals surface area contributed by atoms with Crippen molar-refractivity contribution < 1.29 is 14.0 Å². The summed E-state index contributed by atoms with van der Waals surface area (Å²) in [5.41, 5.74) is 0.485. The molecule has 5 nitrogen and oxygen atoms in total. The Morgan fingerprint density at radius 3 is 2.35 bits per heavy atom. The van der Waals surface area contributed by atoms with E-state index in [2.05, 4.69) is 16.0 Å². The molecule has 0 saturated heterocycles. The van der Waals surface area contributed by atoms with Crippen LogP contribution >= 0.6 is 0 Å². The zero-order chi connectivity index (χ0) is 12.7. The largest absolute Gasteiger partial charge is 0.346 e. The number of nitrogens with one attached hydrogen (secondary N) is 3. The molecule has 1 rings (SSSR count). The molecule has 3 N–H and O–H groups in total. The van der Waals surface area contributed by atoms with Crippen LogP contribution in [0.15, 0.2) is 24.3 Å². The Balaban J connectivity index is 2.34. The molecule has 2 amide bonds. The first-order valence-corrected chi connectivity index (χ1v) is 5.08. The van der Waals surface area contributed by atoms with Gasteiger partial charge >= 0.3 is 0 Å². The molecule has 0 aliphatic carbocycles. The van der Waals surface area contributed by atoms with E-state index in [0.717, 1.165) is 0 Å². The van der Waals surface area contributed by atoms with Crippen molar-refractivity contribution in [3.8, 4) is 0 Å². The van der Waals surface area contributed by atoms with Crippen LogP contribution in [0.4, 0.5) is 10.1 Å².